The van der Waals surface area contributed by atoms with Gasteiger partial charge in [0.25, 0.3) is 0 Å². The molecule has 0 aromatic rings. The van der Waals surface area contributed by atoms with Crippen LogP contribution in [0.3, 0.4) is 0 Å². The van der Waals surface area contributed by atoms with Crippen molar-refractivity contribution in [3.05, 3.63) is 73.1 Å². The average molecular weight is 764 g/mol. The van der Waals surface area contributed by atoms with E-state index < -0.39 is 19.9 Å². The molecule has 53 heavy (non-hydrogen) atoms. The number of epoxide rings is 1. The van der Waals surface area contributed by atoms with Gasteiger partial charge in [-0.3, -0.25) is 13.8 Å². The molecule has 4 unspecified atom stereocenters. The molecular formula is C43H74NO8P. The van der Waals surface area contributed by atoms with Crippen LogP contribution in [-0.4, -0.2) is 55.5 Å². The fourth-order valence-electron chi connectivity index (χ4n) is 5.52. The highest BCUT2D eigenvalue weighted by atomic mass is 31.2. The number of phosphoric ester groups is 1. The minimum atomic E-state index is -4.32. The van der Waals surface area contributed by atoms with Crippen LogP contribution in [0, 0.1) is 0 Å². The van der Waals surface area contributed by atoms with Gasteiger partial charge in [-0.25, -0.2) is 4.57 Å². The quantitative estimate of drug-likeness (QED) is 0.0159. The van der Waals surface area contributed by atoms with E-state index in [2.05, 4.69) is 74.6 Å². The molecule has 0 aromatic heterocycles. The van der Waals surface area contributed by atoms with Gasteiger partial charge < -0.3 is 24.8 Å². The van der Waals surface area contributed by atoms with E-state index in [1.807, 2.05) is 6.08 Å². The van der Waals surface area contributed by atoms with Gasteiger partial charge in [0.1, 0.15) is 6.61 Å². The second kappa shape index (κ2) is 35.4. The minimum Gasteiger partial charge on any atom is -0.498 e. The first kappa shape index (κ1) is 48.8. The van der Waals surface area contributed by atoms with Crippen molar-refractivity contribution in [2.24, 2.45) is 5.73 Å². The van der Waals surface area contributed by atoms with E-state index in [0.717, 1.165) is 51.4 Å². The third-order valence-corrected chi connectivity index (χ3v) is 9.66. The summed E-state index contributed by atoms with van der Waals surface area (Å²) in [6, 6.07) is 0. The summed E-state index contributed by atoms with van der Waals surface area (Å²) in [7, 11) is -4.32. The molecule has 0 aliphatic carbocycles. The molecule has 0 saturated carbocycles. The Labute approximate surface area is 322 Å². The summed E-state index contributed by atoms with van der Waals surface area (Å²) in [5.74, 6) is -0.423. The summed E-state index contributed by atoms with van der Waals surface area (Å²) in [4.78, 5) is 22.4. The number of ether oxygens (including phenoxy) is 3. The van der Waals surface area contributed by atoms with Crippen molar-refractivity contribution in [1.82, 2.24) is 0 Å². The first-order valence-electron chi connectivity index (χ1n) is 20.6. The zero-order valence-electron chi connectivity index (χ0n) is 33.2. The predicted octanol–water partition coefficient (Wildman–Crippen LogP) is 11.3. The van der Waals surface area contributed by atoms with Crippen LogP contribution in [0.1, 0.15) is 149 Å². The van der Waals surface area contributed by atoms with Crippen molar-refractivity contribution in [2.75, 3.05) is 26.4 Å². The van der Waals surface area contributed by atoms with E-state index >= 15 is 0 Å². The molecule has 0 spiro atoms. The molecule has 1 saturated heterocycles. The van der Waals surface area contributed by atoms with Gasteiger partial charge in [-0.15, -0.1) is 0 Å². The topological polar surface area (TPSA) is 130 Å². The fraction of sp³-hybridized carbons (Fsp3) is 0.698. The van der Waals surface area contributed by atoms with Crippen molar-refractivity contribution in [3.8, 4) is 0 Å². The van der Waals surface area contributed by atoms with Crippen LogP contribution in [0.2, 0.25) is 0 Å². The first-order valence-corrected chi connectivity index (χ1v) is 22.1. The number of rotatable bonds is 37. The number of esters is 1. The first-order chi connectivity index (χ1) is 25.9. The molecule has 1 rings (SSSR count). The van der Waals surface area contributed by atoms with Crippen LogP contribution in [0.25, 0.3) is 0 Å². The third kappa shape index (κ3) is 32.9. The van der Waals surface area contributed by atoms with Gasteiger partial charge in [0.2, 0.25) is 0 Å². The molecule has 4 atom stereocenters. The number of carbonyl (C=O) groups is 1. The lowest BCUT2D eigenvalue weighted by atomic mass is 10.1. The van der Waals surface area contributed by atoms with E-state index in [9.17, 15) is 14.3 Å². The van der Waals surface area contributed by atoms with Gasteiger partial charge in [0.05, 0.1) is 31.7 Å². The van der Waals surface area contributed by atoms with E-state index in [0.29, 0.717) is 18.6 Å². The number of nitrogens with two attached hydrogens (primary N) is 1. The van der Waals surface area contributed by atoms with Crippen LogP contribution in [0.5, 0.6) is 0 Å². The summed E-state index contributed by atoms with van der Waals surface area (Å²) in [6.45, 7) is 4.01. The number of hydrogen-bond donors (Lipinski definition) is 2. The predicted molar refractivity (Wildman–Crippen MR) is 218 cm³/mol. The van der Waals surface area contributed by atoms with Gasteiger partial charge in [0.15, 0.2) is 6.10 Å². The Morgan fingerprint density at radius 2 is 1.25 bits per heavy atom. The van der Waals surface area contributed by atoms with Crippen LogP contribution in [-0.2, 0) is 32.6 Å². The molecule has 0 aromatic carbocycles. The average Bonchev–Trinajstić information content (AvgIpc) is 3.92. The Morgan fingerprint density at radius 1 is 0.698 bits per heavy atom. The van der Waals surface area contributed by atoms with Gasteiger partial charge in [-0.2, -0.15) is 0 Å². The Kier molecular flexibility index (Phi) is 32.6. The molecule has 1 fully saturated rings. The Hall–Kier alpha value is -2.26. The second-order valence-corrected chi connectivity index (χ2v) is 15.0. The highest BCUT2D eigenvalue weighted by molar-refractivity contribution is 7.47. The Balaban J connectivity index is 2.22. The molecule has 1 heterocycles. The summed E-state index contributed by atoms with van der Waals surface area (Å²) in [5.41, 5.74) is 5.35. The highest BCUT2D eigenvalue weighted by Crippen LogP contribution is 2.43. The molecule has 0 radical (unpaired) electrons. The maximum atomic E-state index is 12.5. The second-order valence-electron chi connectivity index (χ2n) is 13.6. The number of phosphoric acid groups is 1. The summed E-state index contributed by atoms with van der Waals surface area (Å²) < 4.78 is 38.5. The van der Waals surface area contributed by atoms with E-state index in [1.165, 1.54) is 70.6 Å². The largest absolute Gasteiger partial charge is 0.498 e. The number of hydrogen-bond acceptors (Lipinski definition) is 8. The maximum Gasteiger partial charge on any atom is 0.472 e. The molecule has 1 aliphatic rings. The molecular weight excluding hydrogens is 689 g/mol. The van der Waals surface area contributed by atoms with Crippen LogP contribution < -0.4 is 5.73 Å². The zero-order chi connectivity index (χ0) is 38.5. The van der Waals surface area contributed by atoms with Gasteiger partial charge in [-0.1, -0.05) is 139 Å². The van der Waals surface area contributed by atoms with Crippen molar-refractivity contribution in [1.29, 1.82) is 0 Å². The smallest absolute Gasteiger partial charge is 0.472 e. The van der Waals surface area contributed by atoms with Gasteiger partial charge >= 0.3 is 13.8 Å². The normalized spacial score (nSPS) is 18.0. The Morgan fingerprint density at radius 3 is 1.83 bits per heavy atom. The standard InChI is InChI=1S/C43H74NO8P/c1-3-5-6-7-8-9-10-11-12-13-17-20-23-26-29-32-36-48-38-40(39-50-53(46,47)49-37-35-44)51-43(45)34-31-28-25-22-19-16-14-15-18-21-24-27-30-33-42-41(4-2)52-42/h14,16,18,21-23,25-27,30,32,36,40-42H,3-13,15,17,19-20,24,28-29,31,33-35,37-39,44H2,1-2H3,(H,46,47)/b16-14-,21-18-,25-22-,26-23-,30-27-,36-32-. The monoisotopic (exact) mass is 764 g/mol. The lowest BCUT2D eigenvalue weighted by molar-refractivity contribution is -0.153. The zero-order valence-corrected chi connectivity index (χ0v) is 34.1. The van der Waals surface area contributed by atoms with Crippen molar-refractivity contribution < 1.29 is 37.5 Å². The molecule has 0 bridgehead atoms. The lowest BCUT2D eigenvalue weighted by Gasteiger charge is -2.19. The number of unbranched alkanes of at least 4 members (excludes halogenated alkanes) is 12. The summed E-state index contributed by atoms with van der Waals surface area (Å²) >= 11 is 0. The molecule has 3 N–H and O–H groups in total. The summed E-state index contributed by atoms with van der Waals surface area (Å²) in [6.07, 6.45) is 47.9. The molecule has 304 valence electrons. The van der Waals surface area contributed by atoms with Gasteiger partial charge in [-0.05, 0) is 70.3 Å². The molecule has 10 heteroatoms. The lowest BCUT2D eigenvalue weighted by Crippen LogP contribution is -2.27. The van der Waals surface area contributed by atoms with Crippen molar-refractivity contribution in [3.63, 3.8) is 0 Å². The van der Waals surface area contributed by atoms with E-state index in [-0.39, 0.29) is 32.8 Å². The minimum absolute atomic E-state index is 0.0189. The van der Waals surface area contributed by atoms with Crippen LogP contribution in [0.4, 0.5) is 0 Å². The third-order valence-electron chi connectivity index (χ3n) is 8.67. The van der Waals surface area contributed by atoms with Gasteiger partial charge in [0, 0.05) is 13.0 Å². The van der Waals surface area contributed by atoms with Crippen LogP contribution in [0.15, 0.2) is 73.1 Å². The maximum absolute atomic E-state index is 12.5. The highest BCUT2D eigenvalue weighted by Gasteiger charge is 2.35. The Bertz CT molecular complexity index is 1100. The van der Waals surface area contributed by atoms with E-state index in [4.69, 9.17) is 29.0 Å². The van der Waals surface area contributed by atoms with Crippen molar-refractivity contribution >= 4 is 13.8 Å². The SMILES string of the molecule is CCCCCCCCCCCCC/C=C\C/C=C\OCC(COP(=O)(O)OCCN)OC(=O)CCC/C=C\C/C=C\C/C=C\C/C=C\CC1OC1CC. The number of carbonyl (C=O) groups excluding carboxylic acids is 1. The molecule has 9 nitrogen and oxygen atoms in total. The van der Waals surface area contributed by atoms with Crippen molar-refractivity contribution in [2.45, 2.75) is 167 Å². The van der Waals surface area contributed by atoms with Crippen LogP contribution >= 0.6 is 7.82 Å². The molecule has 0 amide bonds. The summed E-state index contributed by atoms with van der Waals surface area (Å²) in [5, 5.41) is 0. The van der Waals surface area contributed by atoms with E-state index in [1.54, 1.807) is 6.26 Å². The fourth-order valence-corrected chi connectivity index (χ4v) is 6.29. The molecule has 1 aliphatic heterocycles. The number of allylic oxidation sites excluding steroid dienone is 10.